The summed E-state index contributed by atoms with van der Waals surface area (Å²) in [7, 11) is -1.33. The van der Waals surface area contributed by atoms with Crippen molar-refractivity contribution in [2.75, 3.05) is 6.16 Å². The Kier molecular flexibility index (Phi) is 3.85. The maximum Gasteiger partial charge on any atom is 0.337 e. The van der Waals surface area contributed by atoms with Gasteiger partial charge in [0.05, 0.1) is 6.42 Å². The number of allylic oxidation sites excluding steroid dienone is 1. The molecule has 94 valence electrons. The van der Waals surface area contributed by atoms with Crippen LogP contribution in [0.4, 0.5) is 0 Å². The maximum absolute atomic E-state index is 11.0. The van der Waals surface area contributed by atoms with E-state index < -0.39 is 43.5 Å². The lowest BCUT2D eigenvalue weighted by molar-refractivity contribution is -0.169. The lowest BCUT2D eigenvalue weighted by Crippen LogP contribution is -2.54. The zero-order valence-electron chi connectivity index (χ0n) is 8.61. The molecular formula is C9H11O7P. The van der Waals surface area contributed by atoms with Gasteiger partial charge in [0.2, 0.25) is 0 Å². The van der Waals surface area contributed by atoms with E-state index in [0.29, 0.717) is 6.16 Å². The number of rotatable bonds is 6. The highest BCUT2D eigenvalue weighted by atomic mass is 31.1. The van der Waals surface area contributed by atoms with Crippen LogP contribution < -0.4 is 0 Å². The zero-order valence-corrected chi connectivity index (χ0v) is 9.50. The smallest absolute Gasteiger partial charge is 0.337 e. The normalized spacial score (nSPS) is 23.2. The highest BCUT2D eigenvalue weighted by molar-refractivity contribution is 7.64. The van der Waals surface area contributed by atoms with Gasteiger partial charge in [-0.05, 0) is 6.16 Å². The third-order valence-electron chi connectivity index (χ3n) is 2.42. The fourth-order valence-corrected chi connectivity index (χ4v) is 3.43. The highest BCUT2D eigenvalue weighted by Gasteiger charge is 2.53. The van der Waals surface area contributed by atoms with Gasteiger partial charge >= 0.3 is 17.9 Å². The summed E-state index contributed by atoms with van der Waals surface area (Å²) in [5.74, 6) is -3.36. The second kappa shape index (κ2) is 4.81. The van der Waals surface area contributed by atoms with Crippen molar-refractivity contribution < 1.29 is 34.8 Å². The molecule has 1 rings (SSSR count). The van der Waals surface area contributed by atoms with Crippen LogP contribution in [0.15, 0.2) is 11.9 Å². The van der Waals surface area contributed by atoms with Crippen LogP contribution in [0.1, 0.15) is 6.42 Å². The van der Waals surface area contributed by atoms with E-state index >= 15 is 0 Å². The SMILES string of the molecule is O=C(O)CC(O)(C(=O)O)C(C(=O)O)P1C=CC1. The van der Waals surface area contributed by atoms with E-state index in [1.807, 2.05) is 0 Å². The molecule has 7 nitrogen and oxygen atoms in total. The van der Waals surface area contributed by atoms with E-state index in [-0.39, 0.29) is 0 Å². The van der Waals surface area contributed by atoms with Gasteiger partial charge in [0.15, 0.2) is 5.60 Å². The minimum Gasteiger partial charge on any atom is -0.481 e. The van der Waals surface area contributed by atoms with Crippen LogP contribution in [0.2, 0.25) is 0 Å². The molecule has 3 unspecified atom stereocenters. The van der Waals surface area contributed by atoms with E-state index in [4.69, 9.17) is 15.3 Å². The van der Waals surface area contributed by atoms with Gasteiger partial charge in [-0.3, -0.25) is 9.59 Å². The van der Waals surface area contributed by atoms with Crippen molar-refractivity contribution in [2.24, 2.45) is 0 Å². The number of aliphatic carboxylic acids is 3. The Balaban J connectivity index is 3.08. The second-order valence-corrected chi connectivity index (χ2v) is 5.83. The van der Waals surface area contributed by atoms with Gasteiger partial charge in [0.25, 0.3) is 0 Å². The predicted octanol–water partition coefficient (Wildman–Crippen LogP) is -0.261. The molecule has 1 aliphatic rings. The molecule has 0 radical (unpaired) electrons. The lowest BCUT2D eigenvalue weighted by Gasteiger charge is -2.35. The van der Waals surface area contributed by atoms with Crippen molar-refractivity contribution in [1.82, 2.24) is 0 Å². The fraction of sp³-hybridized carbons (Fsp3) is 0.444. The molecule has 0 bridgehead atoms. The molecule has 0 spiro atoms. The number of carboxylic acids is 3. The third kappa shape index (κ3) is 2.62. The van der Waals surface area contributed by atoms with Crippen LogP contribution in [0.3, 0.4) is 0 Å². The van der Waals surface area contributed by atoms with Crippen LogP contribution in [0, 0.1) is 0 Å². The van der Waals surface area contributed by atoms with Crippen LogP contribution >= 0.6 is 7.92 Å². The summed E-state index contributed by atoms with van der Waals surface area (Å²) in [6.45, 7) is 0. The van der Waals surface area contributed by atoms with Crippen LogP contribution in [0.5, 0.6) is 0 Å². The summed E-state index contributed by atoms with van der Waals surface area (Å²) < 4.78 is 0. The van der Waals surface area contributed by atoms with E-state index in [0.717, 1.165) is 0 Å². The van der Waals surface area contributed by atoms with E-state index in [1.165, 1.54) is 5.82 Å². The Morgan fingerprint density at radius 3 is 2.06 bits per heavy atom. The van der Waals surface area contributed by atoms with Gasteiger partial charge in [-0.2, -0.15) is 0 Å². The van der Waals surface area contributed by atoms with E-state index in [9.17, 15) is 19.5 Å². The van der Waals surface area contributed by atoms with Crippen molar-refractivity contribution in [3.05, 3.63) is 11.9 Å². The van der Waals surface area contributed by atoms with Gasteiger partial charge in [-0.1, -0.05) is 19.8 Å². The van der Waals surface area contributed by atoms with E-state index in [1.54, 1.807) is 6.08 Å². The Morgan fingerprint density at radius 2 is 1.82 bits per heavy atom. The van der Waals surface area contributed by atoms with Crippen molar-refractivity contribution in [3.8, 4) is 0 Å². The number of carboxylic acid groups (broad SMARTS) is 3. The fourth-order valence-electron chi connectivity index (χ4n) is 1.56. The Hall–Kier alpha value is -1.46. The van der Waals surface area contributed by atoms with Crippen molar-refractivity contribution >= 4 is 25.8 Å². The molecule has 4 N–H and O–H groups in total. The molecule has 8 heteroatoms. The van der Waals surface area contributed by atoms with Crippen molar-refractivity contribution in [2.45, 2.75) is 17.7 Å². The second-order valence-electron chi connectivity index (χ2n) is 3.62. The quantitative estimate of drug-likeness (QED) is 0.484. The monoisotopic (exact) mass is 262 g/mol. The lowest BCUT2D eigenvalue weighted by atomic mass is 9.95. The molecule has 3 atom stereocenters. The topological polar surface area (TPSA) is 132 Å². The summed E-state index contributed by atoms with van der Waals surface area (Å²) in [6.07, 6.45) is 0.901. The minimum atomic E-state index is -2.77. The van der Waals surface area contributed by atoms with Gasteiger partial charge in [0.1, 0.15) is 5.66 Å². The third-order valence-corrected chi connectivity index (χ3v) is 4.96. The predicted molar refractivity (Wildman–Crippen MR) is 57.2 cm³/mol. The maximum atomic E-state index is 11.0. The first-order valence-electron chi connectivity index (χ1n) is 4.62. The molecule has 0 saturated heterocycles. The molecule has 0 saturated carbocycles. The zero-order chi connectivity index (χ0) is 13.2. The average Bonchev–Trinajstić information content (AvgIpc) is 2.08. The van der Waals surface area contributed by atoms with E-state index in [2.05, 4.69) is 0 Å². The van der Waals surface area contributed by atoms with Crippen molar-refractivity contribution in [1.29, 1.82) is 0 Å². The molecule has 0 aromatic carbocycles. The molecule has 17 heavy (non-hydrogen) atoms. The Bertz CT molecular complexity index is 391. The van der Waals surface area contributed by atoms with Gasteiger partial charge < -0.3 is 20.4 Å². The molecular weight excluding hydrogens is 251 g/mol. The summed E-state index contributed by atoms with van der Waals surface area (Å²) in [6, 6.07) is 0. The standard InChI is InChI=1S/C9H11O7P/c10-5(11)4-9(16,8(14)15)6(7(12)13)17-2-1-3-17/h1-2,6,16H,3-4H2,(H,10,11)(H,12,13)(H,14,15). The Morgan fingerprint density at radius 1 is 1.29 bits per heavy atom. The van der Waals surface area contributed by atoms with Crippen LogP contribution in [0.25, 0.3) is 0 Å². The van der Waals surface area contributed by atoms with Crippen molar-refractivity contribution in [3.63, 3.8) is 0 Å². The highest BCUT2D eigenvalue weighted by Crippen LogP contribution is 2.53. The number of carbonyl (C=O) groups is 3. The van der Waals surface area contributed by atoms with Crippen LogP contribution in [-0.2, 0) is 14.4 Å². The molecule has 0 aromatic rings. The minimum absolute atomic E-state index is 0.376. The Labute approximate surface area is 97.1 Å². The average molecular weight is 262 g/mol. The molecule has 1 heterocycles. The van der Waals surface area contributed by atoms with Gasteiger partial charge in [-0.25, -0.2) is 4.79 Å². The summed E-state index contributed by atoms with van der Waals surface area (Å²) >= 11 is 0. The molecule has 1 aliphatic heterocycles. The number of aliphatic hydroxyl groups is 1. The first-order valence-corrected chi connectivity index (χ1v) is 6.28. The first-order chi connectivity index (χ1) is 7.79. The number of hydrogen-bond acceptors (Lipinski definition) is 4. The first kappa shape index (κ1) is 13.6. The summed E-state index contributed by atoms with van der Waals surface area (Å²) in [5, 5.41) is 36.3. The number of hydrogen-bond donors (Lipinski definition) is 4. The van der Waals surface area contributed by atoms with Crippen LogP contribution in [-0.4, -0.2) is 55.8 Å². The molecule has 0 aromatic heterocycles. The molecule has 0 amide bonds. The van der Waals surface area contributed by atoms with Gasteiger partial charge in [0, 0.05) is 0 Å². The van der Waals surface area contributed by atoms with Gasteiger partial charge in [-0.15, -0.1) is 0 Å². The largest absolute Gasteiger partial charge is 0.481 e. The molecule has 0 aliphatic carbocycles. The summed E-state index contributed by atoms with van der Waals surface area (Å²) in [5.41, 5.74) is -4.37. The summed E-state index contributed by atoms with van der Waals surface area (Å²) in [4.78, 5) is 32.5. The molecule has 0 fully saturated rings.